The summed E-state index contributed by atoms with van der Waals surface area (Å²) < 4.78 is 5.51. The van der Waals surface area contributed by atoms with Gasteiger partial charge in [0, 0.05) is 11.6 Å². The average molecular weight is 285 g/mol. The number of rotatable bonds is 4. The zero-order chi connectivity index (χ0) is 14.4. The highest BCUT2D eigenvalue weighted by Gasteiger charge is 2.51. The zero-order valence-electron chi connectivity index (χ0n) is 13.1. The van der Waals surface area contributed by atoms with Gasteiger partial charge in [-0.2, -0.15) is 0 Å². The van der Waals surface area contributed by atoms with Gasteiger partial charge in [0.05, 0.1) is 7.11 Å². The Hall–Kier alpha value is -1.02. The van der Waals surface area contributed by atoms with Gasteiger partial charge in [0.25, 0.3) is 0 Å². The Balaban J connectivity index is 1.55. The van der Waals surface area contributed by atoms with Gasteiger partial charge in [0.2, 0.25) is 0 Å². The van der Waals surface area contributed by atoms with Gasteiger partial charge in [-0.15, -0.1) is 0 Å². The molecule has 0 amide bonds. The largest absolute Gasteiger partial charge is 0.496 e. The van der Waals surface area contributed by atoms with Crippen molar-refractivity contribution in [2.45, 2.75) is 51.0 Å². The lowest BCUT2D eigenvalue weighted by molar-refractivity contribution is -0.0605. The second kappa shape index (κ2) is 5.01. The lowest BCUT2D eigenvalue weighted by Crippen LogP contribution is -2.47. The van der Waals surface area contributed by atoms with Gasteiger partial charge < -0.3 is 10.5 Å². The van der Waals surface area contributed by atoms with Crippen LogP contribution < -0.4 is 10.5 Å². The molecule has 114 valence electrons. The van der Waals surface area contributed by atoms with E-state index in [-0.39, 0.29) is 6.04 Å². The molecule has 0 saturated heterocycles. The summed E-state index contributed by atoms with van der Waals surface area (Å²) in [5.74, 6) is 3.96. The van der Waals surface area contributed by atoms with Gasteiger partial charge in [-0.3, -0.25) is 0 Å². The molecule has 2 heteroatoms. The van der Waals surface area contributed by atoms with Gasteiger partial charge in [0.15, 0.2) is 0 Å². The summed E-state index contributed by atoms with van der Waals surface area (Å²) in [7, 11) is 1.75. The molecule has 0 aromatic heterocycles. The quantitative estimate of drug-likeness (QED) is 0.895. The van der Waals surface area contributed by atoms with Crippen molar-refractivity contribution in [2.24, 2.45) is 28.9 Å². The number of benzene rings is 1. The summed E-state index contributed by atoms with van der Waals surface area (Å²) in [4.78, 5) is 0. The van der Waals surface area contributed by atoms with E-state index in [1.54, 1.807) is 7.11 Å². The molecule has 2 N–H and O–H groups in total. The fraction of sp³-hybridized carbons (Fsp3) is 0.684. The molecular formula is C19H27NO. The fourth-order valence-electron chi connectivity index (χ4n) is 6.09. The van der Waals surface area contributed by atoms with E-state index in [9.17, 15) is 0 Å². The van der Waals surface area contributed by atoms with Crippen LogP contribution in [0.4, 0.5) is 0 Å². The van der Waals surface area contributed by atoms with Crippen LogP contribution in [0, 0.1) is 23.2 Å². The number of hydrogen-bond acceptors (Lipinski definition) is 2. The van der Waals surface area contributed by atoms with E-state index < -0.39 is 0 Å². The van der Waals surface area contributed by atoms with Crippen LogP contribution in [0.1, 0.15) is 56.6 Å². The Morgan fingerprint density at radius 3 is 2.24 bits per heavy atom. The zero-order valence-corrected chi connectivity index (χ0v) is 13.1. The van der Waals surface area contributed by atoms with Crippen molar-refractivity contribution < 1.29 is 4.74 Å². The Morgan fingerprint density at radius 2 is 1.67 bits per heavy atom. The van der Waals surface area contributed by atoms with Crippen LogP contribution in [-0.2, 0) is 0 Å². The van der Waals surface area contributed by atoms with Crippen molar-refractivity contribution in [1.29, 1.82) is 0 Å². The fourth-order valence-corrected chi connectivity index (χ4v) is 6.09. The van der Waals surface area contributed by atoms with Crippen LogP contribution in [0.25, 0.3) is 0 Å². The second-order valence-electron chi connectivity index (χ2n) is 7.97. The molecule has 4 saturated carbocycles. The number of para-hydroxylation sites is 1. The number of nitrogens with two attached hydrogens (primary N) is 1. The van der Waals surface area contributed by atoms with E-state index in [2.05, 4.69) is 12.1 Å². The molecule has 5 rings (SSSR count). The molecule has 4 aliphatic rings. The third-order valence-electron chi connectivity index (χ3n) is 6.36. The van der Waals surface area contributed by atoms with E-state index >= 15 is 0 Å². The minimum Gasteiger partial charge on any atom is -0.496 e. The average Bonchev–Trinajstić information content (AvgIpc) is 2.45. The predicted molar refractivity (Wildman–Crippen MR) is 85.1 cm³/mol. The molecule has 4 aliphatic carbocycles. The highest BCUT2D eigenvalue weighted by molar-refractivity contribution is 5.35. The van der Waals surface area contributed by atoms with E-state index in [1.165, 1.54) is 44.1 Å². The highest BCUT2D eigenvalue weighted by atomic mass is 16.5. The van der Waals surface area contributed by atoms with E-state index in [0.29, 0.717) is 5.41 Å². The molecule has 2 nitrogen and oxygen atoms in total. The highest BCUT2D eigenvalue weighted by Crippen LogP contribution is 2.62. The van der Waals surface area contributed by atoms with Gasteiger partial charge in [-0.05, 0) is 74.2 Å². The van der Waals surface area contributed by atoms with Crippen LogP contribution in [-0.4, -0.2) is 7.11 Å². The number of methoxy groups -OCH3 is 1. The van der Waals surface area contributed by atoms with Crippen molar-refractivity contribution in [3.05, 3.63) is 29.8 Å². The summed E-state index contributed by atoms with van der Waals surface area (Å²) in [5.41, 5.74) is 8.34. The standard InChI is InChI=1S/C19H27NO/c1-21-18-5-3-2-4-16(18)17(20)12-19-9-13-6-14(10-19)8-15(7-13)11-19/h2-5,13-15,17H,6-12,20H2,1H3. The molecule has 4 fully saturated rings. The van der Waals surface area contributed by atoms with Crippen LogP contribution in [0.15, 0.2) is 24.3 Å². The molecule has 1 aromatic rings. The molecule has 0 heterocycles. The first-order valence-corrected chi connectivity index (χ1v) is 8.56. The minimum absolute atomic E-state index is 0.123. The Morgan fingerprint density at radius 1 is 1.10 bits per heavy atom. The number of hydrogen-bond donors (Lipinski definition) is 1. The summed E-state index contributed by atoms with van der Waals surface area (Å²) in [6.45, 7) is 0. The van der Waals surface area contributed by atoms with E-state index in [4.69, 9.17) is 10.5 Å². The topological polar surface area (TPSA) is 35.2 Å². The van der Waals surface area contributed by atoms with Crippen molar-refractivity contribution in [3.63, 3.8) is 0 Å². The van der Waals surface area contributed by atoms with Crippen molar-refractivity contribution >= 4 is 0 Å². The molecule has 0 spiro atoms. The first-order valence-electron chi connectivity index (χ1n) is 8.56. The third-order valence-corrected chi connectivity index (χ3v) is 6.36. The van der Waals surface area contributed by atoms with E-state index in [0.717, 1.165) is 29.9 Å². The van der Waals surface area contributed by atoms with Gasteiger partial charge in [-0.25, -0.2) is 0 Å². The Labute approximate surface area is 128 Å². The summed E-state index contributed by atoms with van der Waals surface area (Å²) in [6, 6.07) is 8.41. The summed E-state index contributed by atoms with van der Waals surface area (Å²) in [6.07, 6.45) is 9.96. The van der Waals surface area contributed by atoms with Crippen molar-refractivity contribution in [1.82, 2.24) is 0 Å². The molecule has 4 bridgehead atoms. The minimum atomic E-state index is 0.123. The lowest BCUT2D eigenvalue weighted by Gasteiger charge is -2.57. The van der Waals surface area contributed by atoms with Gasteiger partial charge in [-0.1, -0.05) is 18.2 Å². The molecule has 1 unspecified atom stereocenters. The van der Waals surface area contributed by atoms with Gasteiger partial charge in [0.1, 0.15) is 5.75 Å². The van der Waals surface area contributed by atoms with Crippen LogP contribution in [0.2, 0.25) is 0 Å². The first kappa shape index (κ1) is 13.6. The molecule has 21 heavy (non-hydrogen) atoms. The molecule has 0 aliphatic heterocycles. The number of ether oxygens (including phenoxy) is 1. The smallest absolute Gasteiger partial charge is 0.123 e. The van der Waals surface area contributed by atoms with E-state index in [1.807, 2.05) is 12.1 Å². The van der Waals surface area contributed by atoms with Crippen LogP contribution in [0.5, 0.6) is 5.75 Å². The monoisotopic (exact) mass is 285 g/mol. The maximum absolute atomic E-state index is 6.61. The predicted octanol–water partition coefficient (Wildman–Crippen LogP) is 4.30. The van der Waals surface area contributed by atoms with Crippen molar-refractivity contribution in [3.8, 4) is 5.75 Å². The molecular weight excluding hydrogens is 258 g/mol. The summed E-state index contributed by atoms with van der Waals surface area (Å²) >= 11 is 0. The third kappa shape index (κ3) is 2.38. The summed E-state index contributed by atoms with van der Waals surface area (Å²) in [5, 5.41) is 0. The maximum Gasteiger partial charge on any atom is 0.123 e. The Kier molecular flexibility index (Phi) is 3.25. The molecule has 0 radical (unpaired) electrons. The van der Waals surface area contributed by atoms with Crippen LogP contribution in [0.3, 0.4) is 0 Å². The SMILES string of the molecule is COc1ccccc1C(N)CC12CC3CC(CC(C3)C1)C2. The van der Waals surface area contributed by atoms with Crippen molar-refractivity contribution in [2.75, 3.05) is 7.11 Å². The first-order chi connectivity index (χ1) is 10.2. The molecule has 1 aromatic carbocycles. The lowest BCUT2D eigenvalue weighted by atomic mass is 9.48. The normalized spacial score (nSPS) is 38.5. The maximum atomic E-state index is 6.61. The Bertz CT molecular complexity index is 489. The molecule has 1 atom stereocenters. The van der Waals surface area contributed by atoms with Crippen LogP contribution >= 0.6 is 0 Å². The van der Waals surface area contributed by atoms with Gasteiger partial charge >= 0.3 is 0 Å². The second-order valence-corrected chi connectivity index (χ2v) is 7.97.